The molecule has 0 radical (unpaired) electrons. The van der Waals surface area contributed by atoms with E-state index < -0.39 is 0 Å². The first-order chi connectivity index (χ1) is 7.16. The molecule has 2 aliphatic rings. The quantitative estimate of drug-likeness (QED) is 0.606. The number of hydrogen-bond donors (Lipinski definition) is 3. The average molecular weight is 211 g/mol. The third kappa shape index (κ3) is 3.44. The number of rotatable bonds is 2. The van der Waals surface area contributed by atoms with E-state index in [1.165, 1.54) is 32.1 Å². The summed E-state index contributed by atoms with van der Waals surface area (Å²) in [6.07, 6.45) is 11.2. The minimum atomic E-state index is -0.384. The summed E-state index contributed by atoms with van der Waals surface area (Å²) in [4.78, 5) is 0. The van der Waals surface area contributed by atoms with Crippen molar-refractivity contribution >= 4 is 0 Å². The summed E-state index contributed by atoms with van der Waals surface area (Å²) in [5.74, 6) is 0. The molecule has 15 heavy (non-hydrogen) atoms. The van der Waals surface area contributed by atoms with Crippen LogP contribution in [0.15, 0.2) is 0 Å². The maximum absolute atomic E-state index is 5.92. The first kappa shape index (κ1) is 11.4. The average Bonchev–Trinajstić information content (AvgIpc) is 2.23. The van der Waals surface area contributed by atoms with Crippen molar-refractivity contribution in [2.24, 2.45) is 11.5 Å². The highest BCUT2D eigenvalue weighted by Gasteiger charge is 2.28. The summed E-state index contributed by atoms with van der Waals surface area (Å²) in [6, 6.07) is 1.44. The van der Waals surface area contributed by atoms with Crippen LogP contribution in [0.5, 0.6) is 0 Å². The Morgan fingerprint density at radius 3 is 1.93 bits per heavy atom. The minimum absolute atomic E-state index is 0.384. The topological polar surface area (TPSA) is 64.1 Å². The van der Waals surface area contributed by atoms with Crippen molar-refractivity contribution in [3.05, 3.63) is 0 Å². The van der Waals surface area contributed by atoms with Crippen LogP contribution in [-0.2, 0) is 0 Å². The monoisotopic (exact) mass is 211 g/mol. The molecule has 0 amide bonds. The standard InChI is InChI=1S/C12H25N3/c13-12(14)8-6-11(7-9-12)15-10-4-2-1-3-5-10/h10-11,15H,1-9,13-14H2. The summed E-state index contributed by atoms with van der Waals surface area (Å²) < 4.78 is 0. The van der Waals surface area contributed by atoms with Crippen molar-refractivity contribution in [1.82, 2.24) is 5.32 Å². The zero-order valence-corrected chi connectivity index (χ0v) is 9.67. The third-order valence-electron chi connectivity index (χ3n) is 3.99. The van der Waals surface area contributed by atoms with Gasteiger partial charge in [0.2, 0.25) is 0 Å². The Morgan fingerprint density at radius 1 is 0.800 bits per heavy atom. The number of nitrogens with two attached hydrogens (primary N) is 2. The Morgan fingerprint density at radius 2 is 1.33 bits per heavy atom. The predicted octanol–water partition coefficient (Wildman–Crippen LogP) is 1.46. The molecular weight excluding hydrogens is 186 g/mol. The smallest absolute Gasteiger partial charge is 0.0637 e. The number of hydrogen-bond acceptors (Lipinski definition) is 3. The lowest BCUT2D eigenvalue weighted by Gasteiger charge is -2.37. The second-order valence-electron chi connectivity index (χ2n) is 5.51. The van der Waals surface area contributed by atoms with Crippen LogP contribution < -0.4 is 16.8 Å². The fourth-order valence-corrected chi connectivity index (χ4v) is 2.92. The molecule has 2 aliphatic carbocycles. The lowest BCUT2D eigenvalue weighted by molar-refractivity contribution is 0.228. The highest BCUT2D eigenvalue weighted by atomic mass is 15.0. The van der Waals surface area contributed by atoms with E-state index in [9.17, 15) is 0 Å². The van der Waals surface area contributed by atoms with Crippen molar-refractivity contribution < 1.29 is 0 Å². The zero-order chi connectivity index (χ0) is 10.7. The fourth-order valence-electron chi connectivity index (χ4n) is 2.92. The third-order valence-corrected chi connectivity index (χ3v) is 3.99. The molecule has 2 fully saturated rings. The van der Waals surface area contributed by atoms with E-state index in [0.717, 1.165) is 31.7 Å². The van der Waals surface area contributed by atoms with E-state index >= 15 is 0 Å². The zero-order valence-electron chi connectivity index (χ0n) is 9.67. The van der Waals surface area contributed by atoms with Gasteiger partial charge in [0.1, 0.15) is 0 Å². The summed E-state index contributed by atoms with van der Waals surface area (Å²) in [5, 5.41) is 3.78. The lowest BCUT2D eigenvalue weighted by atomic mass is 9.85. The van der Waals surface area contributed by atoms with Crippen molar-refractivity contribution in [2.75, 3.05) is 0 Å². The Balaban J connectivity index is 1.71. The van der Waals surface area contributed by atoms with E-state index in [0.29, 0.717) is 6.04 Å². The predicted molar refractivity (Wildman–Crippen MR) is 63.4 cm³/mol. The molecule has 0 aliphatic heterocycles. The molecule has 5 N–H and O–H groups in total. The van der Waals surface area contributed by atoms with E-state index in [-0.39, 0.29) is 5.66 Å². The summed E-state index contributed by atoms with van der Waals surface area (Å²) in [5.41, 5.74) is 11.5. The summed E-state index contributed by atoms with van der Waals surface area (Å²) in [7, 11) is 0. The van der Waals surface area contributed by atoms with Crippen LogP contribution in [0.4, 0.5) is 0 Å². The largest absolute Gasteiger partial charge is 0.313 e. The molecule has 0 aromatic heterocycles. The van der Waals surface area contributed by atoms with E-state index in [1.807, 2.05) is 0 Å². The Hall–Kier alpha value is -0.120. The molecule has 0 spiro atoms. The van der Waals surface area contributed by atoms with Gasteiger partial charge in [0.25, 0.3) is 0 Å². The van der Waals surface area contributed by atoms with Gasteiger partial charge in [0.15, 0.2) is 0 Å². The second kappa shape index (κ2) is 4.81. The molecule has 88 valence electrons. The first-order valence-electron chi connectivity index (χ1n) is 6.49. The number of nitrogens with one attached hydrogen (secondary N) is 1. The fraction of sp³-hybridized carbons (Fsp3) is 1.00. The normalized spacial score (nSPS) is 29.2. The Labute approximate surface area is 93.0 Å². The van der Waals surface area contributed by atoms with Gasteiger partial charge in [-0.2, -0.15) is 0 Å². The van der Waals surface area contributed by atoms with Gasteiger partial charge in [-0.15, -0.1) is 0 Å². The van der Waals surface area contributed by atoms with Gasteiger partial charge < -0.3 is 16.8 Å². The van der Waals surface area contributed by atoms with Crippen LogP contribution >= 0.6 is 0 Å². The van der Waals surface area contributed by atoms with Gasteiger partial charge in [-0.25, -0.2) is 0 Å². The van der Waals surface area contributed by atoms with Crippen LogP contribution in [0.25, 0.3) is 0 Å². The van der Waals surface area contributed by atoms with Gasteiger partial charge in [-0.05, 0) is 38.5 Å². The molecule has 0 saturated heterocycles. The van der Waals surface area contributed by atoms with Crippen LogP contribution in [0.3, 0.4) is 0 Å². The Kier molecular flexibility index (Phi) is 3.65. The maximum Gasteiger partial charge on any atom is 0.0637 e. The first-order valence-corrected chi connectivity index (χ1v) is 6.49. The minimum Gasteiger partial charge on any atom is -0.313 e. The highest BCUT2D eigenvalue weighted by molar-refractivity contribution is 4.88. The van der Waals surface area contributed by atoms with Gasteiger partial charge in [-0.3, -0.25) is 0 Å². The maximum atomic E-state index is 5.92. The van der Waals surface area contributed by atoms with E-state index in [2.05, 4.69) is 5.32 Å². The van der Waals surface area contributed by atoms with Crippen molar-refractivity contribution in [2.45, 2.75) is 75.5 Å². The second-order valence-corrected chi connectivity index (χ2v) is 5.51. The molecule has 0 unspecified atom stereocenters. The Bertz CT molecular complexity index is 187. The van der Waals surface area contributed by atoms with Crippen LogP contribution in [0.1, 0.15) is 57.8 Å². The van der Waals surface area contributed by atoms with Crippen LogP contribution in [0, 0.1) is 0 Å². The van der Waals surface area contributed by atoms with E-state index in [1.54, 1.807) is 0 Å². The molecule has 3 nitrogen and oxygen atoms in total. The lowest BCUT2D eigenvalue weighted by Crippen LogP contribution is -2.55. The molecule has 2 saturated carbocycles. The SMILES string of the molecule is NC1(N)CCC(NC2CCCCC2)CC1. The van der Waals surface area contributed by atoms with Crippen LogP contribution in [-0.4, -0.2) is 17.7 Å². The summed E-state index contributed by atoms with van der Waals surface area (Å²) in [6.45, 7) is 0. The van der Waals surface area contributed by atoms with Gasteiger partial charge >= 0.3 is 0 Å². The van der Waals surface area contributed by atoms with Gasteiger partial charge in [-0.1, -0.05) is 19.3 Å². The molecule has 0 aromatic carbocycles. The molecule has 3 heteroatoms. The van der Waals surface area contributed by atoms with Gasteiger partial charge in [0, 0.05) is 12.1 Å². The van der Waals surface area contributed by atoms with Gasteiger partial charge in [0.05, 0.1) is 5.66 Å². The van der Waals surface area contributed by atoms with E-state index in [4.69, 9.17) is 11.5 Å². The molecular formula is C12H25N3. The molecule has 0 aromatic rings. The van der Waals surface area contributed by atoms with Crippen molar-refractivity contribution in [3.8, 4) is 0 Å². The molecule has 0 heterocycles. The molecule has 0 atom stereocenters. The van der Waals surface area contributed by atoms with Crippen molar-refractivity contribution in [3.63, 3.8) is 0 Å². The van der Waals surface area contributed by atoms with Crippen LogP contribution in [0.2, 0.25) is 0 Å². The highest BCUT2D eigenvalue weighted by Crippen LogP contribution is 2.25. The molecule has 2 rings (SSSR count). The summed E-state index contributed by atoms with van der Waals surface area (Å²) >= 11 is 0. The molecule has 0 bridgehead atoms. The van der Waals surface area contributed by atoms with Crippen molar-refractivity contribution in [1.29, 1.82) is 0 Å².